The van der Waals surface area contributed by atoms with Gasteiger partial charge in [-0.25, -0.2) is 9.97 Å². The number of aromatic amines is 1. The molecule has 1 aliphatic rings. The van der Waals surface area contributed by atoms with Gasteiger partial charge in [0.05, 0.1) is 38.2 Å². The second-order valence-corrected chi connectivity index (χ2v) is 11.0. The molecule has 0 unspecified atom stereocenters. The number of hydrogen-bond acceptors (Lipinski definition) is 7. The highest BCUT2D eigenvalue weighted by molar-refractivity contribution is 7.16. The number of aryl methyl sites for hydroxylation is 1. The summed E-state index contributed by atoms with van der Waals surface area (Å²) in [5.74, 6) is 0.220. The molecule has 1 aliphatic carbocycles. The lowest BCUT2D eigenvalue weighted by Crippen LogP contribution is -2.29. The van der Waals surface area contributed by atoms with Gasteiger partial charge in [0.25, 0.3) is 5.91 Å². The maximum absolute atomic E-state index is 13.4. The number of thiazole rings is 1. The van der Waals surface area contributed by atoms with Gasteiger partial charge in [-0.1, -0.05) is 31.4 Å². The molecule has 5 heterocycles. The van der Waals surface area contributed by atoms with Gasteiger partial charge in [0.15, 0.2) is 5.65 Å². The van der Waals surface area contributed by atoms with Crippen LogP contribution in [0.3, 0.4) is 0 Å². The summed E-state index contributed by atoms with van der Waals surface area (Å²) in [6, 6.07) is 11.9. The number of hydrogen-bond donors (Lipinski definition) is 2. The molecular weight excluding hydrogens is 510 g/mol. The Morgan fingerprint density at radius 1 is 1.18 bits per heavy atom. The Bertz CT molecular complexity index is 1930. The monoisotopic (exact) mass is 535 g/mol. The van der Waals surface area contributed by atoms with E-state index >= 15 is 0 Å². The van der Waals surface area contributed by atoms with Crippen molar-refractivity contribution in [3.05, 3.63) is 87.0 Å². The van der Waals surface area contributed by atoms with E-state index in [4.69, 9.17) is 5.10 Å². The van der Waals surface area contributed by atoms with Crippen LogP contribution in [-0.2, 0) is 13.0 Å². The smallest absolute Gasteiger partial charge is 0.257 e. The van der Waals surface area contributed by atoms with Crippen molar-refractivity contribution in [1.82, 2.24) is 34.9 Å². The molecule has 2 N–H and O–H groups in total. The minimum atomic E-state index is -0.457. The summed E-state index contributed by atoms with van der Waals surface area (Å²) >= 11 is 1.61. The summed E-state index contributed by atoms with van der Waals surface area (Å²) in [7, 11) is 0. The van der Waals surface area contributed by atoms with E-state index in [1.165, 1.54) is 25.5 Å². The van der Waals surface area contributed by atoms with Crippen LogP contribution in [0.5, 0.6) is 0 Å². The molecule has 0 saturated heterocycles. The molecule has 0 bridgehead atoms. The van der Waals surface area contributed by atoms with Crippen molar-refractivity contribution in [2.24, 2.45) is 5.92 Å². The molecule has 194 valence electrons. The quantitative estimate of drug-likeness (QED) is 0.316. The third-order valence-corrected chi connectivity index (χ3v) is 8.34. The van der Waals surface area contributed by atoms with Crippen molar-refractivity contribution in [3.63, 3.8) is 0 Å². The molecule has 39 heavy (non-hydrogen) atoms. The summed E-state index contributed by atoms with van der Waals surface area (Å²) in [4.78, 5) is 43.1. The Hall–Kier alpha value is -4.44. The van der Waals surface area contributed by atoms with Crippen molar-refractivity contribution in [2.45, 2.75) is 39.2 Å². The number of carbonyl (C=O) groups is 1. The summed E-state index contributed by atoms with van der Waals surface area (Å²) in [5.41, 5.74) is 7.88. The zero-order valence-electron chi connectivity index (χ0n) is 21.3. The van der Waals surface area contributed by atoms with Crippen LogP contribution in [0.1, 0.15) is 46.6 Å². The number of nitrogens with one attached hydrogen (secondary N) is 2. The average molecular weight is 536 g/mol. The van der Waals surface area contributed by atoms with Gasteiger partial charge < -0.3 is 10.3 Å². The zero-order chi connectivity index (χ0) is 26.5. The highest BCUT2D eigenvalue weighted by Gasteiger charge is 2.21. The highest BCUT2D eigenvalue weighted by atomic mass is 32.1. The Balaban J connectivity index is 1.10. The van der Waals surface area contributed by atoms with Crippen LogP contribution in [0, 0.1) is 12.8 Å². The molecule has 1 amide bonds. The fourth-order valence-corrected chi connectivity index (χ4v) is 5.83. The van der Waals surface area contributed by atoms with Crippen LogP contribution in [0.2, 0.25) is 0 Å². The van der Waals surface area contributed by atoms with Crippen LogP contribution in [0.4, 0.5) is 0 Å². The van der Waals surface area contributed by atoms with Gasteiger partial charge >= 0.3 is 0 Å². The Morgan fingerprint density at radius 2 is 2.08 bits per heavy atom. The lowest BCUT2D eigenvalue weighted by Gasteiger charge is -2.23. The van der Waals surface area contributed by atoms with Gasteiger partial charge in [0, 0.05) is 30.6 Å². The van der Waals surface area contributed by atoms with E-state index in [1.807, 2.05) is 41.9 Å². The number of benzene rings is 1. The molecule has 0 aliphatic heterocycles. The number of H-pyrrole nitrogens is 1. The minimum absolute atomic E-state index is 0.0368. The van der Waals surface area contributed by atoms with Gasteiger partial charge in [0.1, 0.15) is 11.2 Å². The third-order valence-electron chi connectivity index (χ3n) is 7.53. The molecular formula is C29H25N7O2S. The third kappa shape index (κ3) is 4.26. The van der Waals surface area contributed by atoms with Gasteiger partial charge in [-0.05, 0) is 43.0 Å². The van der Waals surface area contributed by atoms with E-state index in [2.05, 4.69) is 25.3 Å². The molecule has 0 atom stereocenters. The number of pyridine rings is 2. The van der Waals surface area contributed by atoms with Crippen LogP contribution in [0.25, 0.3) is 38.2 Å². The molecule has 9 nitrogen and oxygen atoms in total. The summed E-state index contributed by atoms with van der Waals surface area (Å²) in [5, 5.41) is 7.93. The van der Waals surface area contributed by atoms with E-state index in [9.17, 15) is 9.59 Å². The van der Waals surface area contributed by atoms with Crippen molar-refractivity contribution in [1.29, 1.82) is 0 Å². The molecule has 10 heteroatoms. The van der Waals surface area contributed by atoms with Crippen molar-refractivity contribution in [2.75, 3.05) is 0 Å². The van der Waals surface area contributed by atoms with Crippen molar-refractivity contribution in [3.8, 4) is 11.3 Å². The predicted octanol–water partition coefficient (Wildman–Crippen LogP) is 4.82. The number of nitrogens with zero attached hydrogens (tertiary/aromatic N) is 5. The first-order valence-electron chi connectivity index (χ1n) is 13.0. The van der Waals surface area contributed by atoms with Crippen molar-refractivity contribution < 1.29 is 4.79 Å². The number of carbonyl (C=O) groups excluding carboxylic acids is 1. The van der Waals surface area contributed by atoms with Gasteiger partial charge in [-0.2, -0.15) is 9.61 Å². The Labute approximate surface area is 227 Å². The standard InChI is InChI=1S/C29H25N7O2S/c1-16-26-27(37)21(14-31-28(26)36-25(34-16)11-20(35-36)9-17-3-2-4-17)29(38)32-13-18-5-7-22(30-12-18)19-6-8-24-23(10-19)33-15-39-24/h5-8,10-12,14-15,17H,2-4,9,13H2,1H3,(H,31,37)(H,32,38). The van der Waals surface area contributed by atoms with Crippen LogP contribution in [-0.4, -0.2) is 35.5 Å². The molecule has 6 aromatic rings. The van der Waals surface area contributed by atoms with Crippen LogP contribution in [0.15, 0.2) is 59.1 Å². The lowest BCUT2D eigenvalue weighted by molar-refractivity contribution is 0.0949. The maximum Gasteiger partial charge on any atom is 0.257 e. The number of fused-ring (bicyclic) bond motifs is 4. The molecule has 1 aromatic carbocycles. The largest absolute Gasteiger partial charge is 0.348 e. The Kier molecular flexibility index (Phi) is 5.70. The van der Waals surface area contributed by atoms with Gasteiger partial charge in [-0.3, -0.25) is 14.6 Å². The summed E-state index contributed by atoms with van der Waals surface area (Å²) < 4.78 is 2.81. The lowest BCUT2D eigenvalue weighted by atomic mass is 9.82. The average Bonchev–Trinajstić information content (AvgIpc) is 3.56. The fourth-order valence-electron chi connectivity index (χ4n) is 5.17. The van der Waals surface area contributed by atoms with Gasteiger partial charge in [-0.15, -0.1) is 11.3 Å². The molecule has 0 spiro atoms. The van der Waals surface area contributed by atoms with E-state index in [1.54, 1.807) is 29.0 Å². The SMILES string of the molecule is Cc1nc2cc(CC3CCC3)nn2c2[nH]cc(C(=O)NCc3ccc(-c4ccc5scnc5c4)nc3)c(=O)c12. The zero-order valence-corrected chi connectivity index (χ0v) is 22.1. The predicted molar refractivity (Wildman–Crippen MR) is 151 cm³/mol. The van der Waals surface area contributed by atoms with Crippen LogP contribution < -0.4 is 10.7 Å². The number of amides is 1. The second-order valence-electron chi connectivity index (χ2n) is 10.1. The topological polar surface area (TPSA) is 118 Å². The summed E-state index contributed by atoms with van der Waals surface area (Å²) in [6.07, 6.45) is 7.87. The first-order valence-corrected chi connectivity index (χ1v) is 13.9. The molecule has 0 radical (unpaired) electrons. The normalized spacial score (nSPS) is 13.8. The van der Waals surface area contributed by atoms with Crippen molar-refractivity contribution >= 4 is 44.1 Å². The first-order chi connectivity index (χ1) is 19.0. The summed E-state index contributed by atoms with van der Waals surface area (Å²) in [6.45, 7) is 2.03. The van der Waals surface area contributed by atoms with E-state index in [-0.39, 0.29) is 17.5 Å². The van der Waals surface area contributed by atoms with E-state index < -0.39 is 5.91 Å². The number of aromatic nitrogens is 6. The van der Waals surface area contributed by atoms with Crippen LogP contribution >= 0.6 is 11.3 Å². The van der Waals surface area contributed by atoms with E-state index in [0.29, 0.717) is 28.3 Å². The number of rotatable bonds is 6. The molecule has 5 aromatic heterocycles. The Morgan fingerprint density at radius 3 is 2.87 bits per heavy atom. The highest BCUT2D eigenvalue weighted by Crippen LogP contribution is 2.30. The maximum atomic E-state index is 13.4. The minimum Gasteiger partial charge on any atom is -0.348 e. The molecule has 7 rings (SSSR count). The second kappa shape index (κ2) is 9.39. The van der Waals surface area contributed by atoms with Gasteiger partial charge in [0.2, 0.25) is 5.43 Å². The van der Waals surface area contributed by atoms with E-state index in [0.717, 1.165) is 39.2 Å². The first kappa shape index (κ1) is 23.7. The molecule has 1 fully saturated rings. The molecule has 1 saturated carbocycles. The fraction of sp³-hybridized carbons (Fsp3) is 0.241.